The van der Waals surface area contributed by atoms with Crippen LogP contribution in [0.25, 0.3) is 60.5 Å². The number of hydrogen-bond donors (Lipinski definition) is 1. The van der Waals surface area contributed by atoms with Crippen LogP contribution in [0.5, 0.6) is 0 Å². The van der Waals surface area contributed by atoms with Gasteiger partial charge in [-0.15, -0.1) is 0 Å². The Morgan fingerprint density at radius 2 is 1.22 bits per heavy atom. The van der Waals surface area contributed by atoms with Gasteiger partial charge >= 0.3 is 0 Å². The summed E-state index contributed by atoms with van der Waals surface area (Å²) in [5.41, 5.74) is 33.0. The number of nitrogens with two attached hydrogens (primary N) is 1. The molecule has 0 bridgehead atoms. The van der Waals surface area contributed by atoms with E-state index >= 15 is 0 Å². The summed E-state index contributed by atoms with van der Waals surface area (Å²) in [5.74, 6) is 0. The van der Waals surface area contributed by atoms with E-state index in [1.807, 2.05) is 25.2 Å². The van der Waals surface area contributed by atoms with Gasteiger partial charge in [-0.3, -0.25) is 0 Å². The molecule has 2 N–H and O–H groups in total. The lowest BCUT2D eigenvalue weighted by molar-refractivity contribution is 0.655. The molecule has 0 fully saturated rings. The van der Waals surface area contributed by atoms with Crippen molar-refractivity contribution in [2.24, 2.45) is 5.73 Å². The predicted octanol–water partition coefficient (Wildman–Crippen LogP) is 20.3. The third-order valence-electron chi connectivity index (χ3n) is 14.3. The summed E-state index contributed by atoms with van der Waals surface area (Å²) >= 11 is 0. The summed E-state index contributed by atoms with van der Waals surface area (Å²) in [6.07, 6.45) is 16.4. The molecule has 0 aromatic heterocycles. The first kappa shape index (κ1) is 53.6. The lowest BCUT2D eigenvalue weighted by atomic mass is 9.75. The summed E-state index contributed by atoms with van der Waals surface area (Å²) in [7, 11) is 0. The molecule has 8 aromatic carbocycles. The number of hydrogen-bond acceptors (Lipinski definition) is 1. The highest BCUT2D eigenvalue weighted by Crippen LogP contribution is 2.57. The van der Waals surface area contributed by atoms with Crippen molar-refractivity contribution in [3.8, 4) is 33.4 Å². The SMILES string of the molecule is C=C(/C=C(\CCCC)c1ccccc1)C1=CC=C=C=C1.CCCC.CCCc1c(-c2ccccc2C)ccc2c1C(C)(C)c1c-2c2ccccc2c2ccccc12.Cc1cccc(-c2cccc(C(C)N)c2)c1. The van der Waals surface area contributed by atoms with Crippen molar-refractivity contribution < 1.29 is 0 Å². The monoisotopic (exact) mass is 956 g/mol. The van der Waals surface area contributed by atoms with Crippen LogP contribution in [-0.2, 0) is 11.8 Å². The molecule has 2 aliphatic carbocycles. The van der Waals surface area contributed by atoms with Gasteiger partial charge in [-0.05, 0) is 169 Å². The standard InChI is InChI=1S/C33H30.C20H20.C15H17N.C4H10/c1-5-12-27-25(22-14-7-6-13-21(22)2)19-20-29-30-26-17-10-8-15-23(26)24-16-9-11-18-28(24)32(30)33(3,4)31(27)29;1-3-4-11-20(19-14-9-6-10-15-19)16-17(2)18-12-7-5-8-13-18;1-11-5-3-7-14(9-11)15-8-4-6-13(10-15)12(2)16;1-3-4-2/h6-11,13-20H,5,12H2,1-4H3;6-7,9-10,12-16H,2-4,11H2,1H3;3-10,12H,16H2,1-2H3;3-4H2,1-2H3/b;20-16+;;. The third-order valence-corrected chi connectivity index (χ3v) is 14.3. The van der Waals surface area contributed by atoms with Crippen molar-refractivity contribution in [1.29, 1.82) is 0 Å². The Morgan fingerprint density at radius 1 is 0.603 bits per heavy atom. The highest BCUT2D eigenvalue weighted by molar-refractivity contribution is 6.18. The van der Waals surface area contributed by atoms with Crippen molar-refractivity contribution >= 4 is 27.1 Å². The molecule has 10 rings (SSSR count). The number of rotatable bonds is 12. The molecule has 8 aromatic rings. The first-order chi connectivity index (χ1) is 35.4. The lowest BCUT2D eigenvalue weighted by Gasteiger charge is -2.27. The van der Waals surface area contributed by atoms with Gasteiger partial charge in [0.15, 0.2) is 0 Å². The summed E-state index contributed by atoms with van der Waals surface area (Å²) in [6.45, 7) is 24.3. The molecule has 1 unspecified atom stereocenters. The van der Waals surface area contributed by atoms with E-state index in [1.165, 1.54) is 125 Å². The average Bonchev–Trinajstić information content (AvgIpc) is 3.67. The van der Waals surface area contributed by atoms with E-state index in [1.54, 1.807) is 0 Å². The van der Waals surface area contributed by atoms with Crippen molar-refractivity contribution in [1.82, 2.24) is 0 Å². The second-order valence-electron chi connectivity index (χ2n) is 20.2. The lowest BCUT2D eigenvalue weighted by Crippen LogP contribution is -2.18. The fourth-order valence-corrected chi connectivity index (χ4v) is 10.4. The Morgan fingerprint density at radius 3 is 1.85 bits per heavy atom. The summed E-state index contributed by atoms with van der Waals surface area (Å²) in [5, 5.41) is 5.50. The molecule has 0 radical (unpaired) electrons. The quantitative estimate of drug-likeness (QED) is 0.0737. The van der Waals surface area contributed by atoms with E-state index in [9.17, 15) is 0 Å². The van der Waals surface area contributed by atoms with Crippen LogP contribution in [0.1, 0.15) is 132 Å². The highest BCUT2D eigenvalue weighted by Gasteiger charge is 2.40. The summed E-state index contributed by atoms with van der Waals surface area (Å²) in [6, 6.07) is 59.2. The zero-order chi connectivity index (χ0) is 51.9. The largest absolute Gasteiger partial charge is 0.324 e. The van der Waals surface area contributed by atoms with Crippen LogP contribution in [0.4, 0.5) is 0 Å². The topological polar surface area (TPSA) is 26.0 Å². The Labute approximate surface area is 439 Å². The molecule has 0 saturated heterocycles. The van der Waals surface area contributed by atoms with E-state index in [2.05, 4.69) is 243 Å². The molecule has 370 valence electrons. The first-order valence-corrected chi connectivity index (χ1v) is 26.8. The molecule has 0 amide bonds. The number of benzene rings is 8. The number of aryl methyl sites for hydroxylation is 2. The fourth-order valence-electron chi connectivity index (χ4n) is 10.4. The molecule has 0 heterocycles. The normalized spacial score (nSPS) is 13.1. The van der Waals surface area contributed by atoms with E-state index in [-0.39, 0.29) is 11.5 Å². The van der Waals surface area contributed by atoms with E-state index in [0.29, 0.717) is 0 Å². The fraction of sp³-hybridized carbons (Fsp3) is 0.250. The van der Waals surface area contributed by atoms with Gasteiger partial charge in [0.2, 0.25) is 0 Å². The van der Waals surface area contributed by atoms with Gasteiger partial charge in [0.25, 0.3) is 0 Å². The smallest absolute Gasteiger partial charge is 0.0266 e. The van der Waals surface area contributed by atoms with E-state index in [4.69, 9.17) is 5.73 Å². The van der Waals surface area contributed by atoms with Crippen molar-refractivity contribution in [3.63, 3.8) is 0 Å². The molecule has 0 spiro atoms. The molecule has 1 heteroatoms. The first-order valence-electron chi connectivity index (χ1n) is 26.8. The van der Waals surface area contributed by atoms with Crippen LogP contribution >= 0.6 is 0 Å². The van der Waals surface area contributed by atoms with Gasteiger partial charge in [-0.1, -0.05) is 255 Å². The minimum Gasteiger partial charge on any atom is -0.324 e. The second kappa shape index (κ2) is 25.4. The molecule has 1 nitrogen and oxygen atoms in total. The number of fused-ring (bicyclic) bond motifs is 8. The summed E-state index contributed by atoms with van der Waals surface area (Å²) < 4.78 is 0. The molecule has 0 aliphatic heterocycles. The molecular weight excluding hydrogens is 879 g/mol. The van der Waals surface area contributed by atoms with Gasteiger partial charge in [0.1, 0.15) is 0 Å². The van der Waals surface area contributed by atoms with Crippen molar-refractivity contribution in [3.05, 3.63) is 256 Å². The van der Waals surface area contributed by atoms with Crippen molar-refractivity contribution in [2.45, 2.75) is 119 Å². The third kappa shape index (κ3) is 12.5. The van der Waals surface area contributed by atoms with E-state index in [0.717, 1.165) is 30.4 Å². The minimum atomic E-state index is -0.0580. The summed E-state index contributed by atoms with van der Waals surface area (Å²) in [4.78, 5) is 0. The van der Waals surface area contributed by atoms with Gasteiger partial charge in [0, 0.05) is 11.5 Å². The van der Waals surface area contributed by atoms with Crippen LogP contribution in [-0.4, -0.2) is 0 Å². The highest BCUT2D eigenvalue weighted by atomic mass is 14.6. The van der Waals surface area contributed by atoms with Crippen LogP contribution in [0.3, 0.4) is 0 Å². The van der Waals surface area contributed by atoms with Gasteiger partial charge in [0.05, 0.1) is 0 Å². The van der Waals surface area contributed by atoms with Crippen LogP contribution in [0, 0.1) is 13.8 Å². The maximum atomic E-state index is 5.89. The number of unbranched alkanes of at least 4 members (excludes halogenated alkanes) is 2. The number of allylic oxidation sites excluding steroid dienone is 7. The molecule has 73 heavy (non-hydrogen) atoms. The maximum Gasteiger partial charge on any atom is 0.0266 e. The second-order valence-corrected chi connectivity index (χ2v) is 20.2. The van der Waals surface area contributed by atoms with Gasteiger partial charge < -0.3 is 5.73 Å². The Hall–Kier alpha value is -7.24. The Bertz CT molecular complexity index is 3350. The molecule has 1 atom stereocenters. The average molecular weight is 956 g/mol. The van der Waals surface area contributed by atoms with Crippen LogP contribution in [0.15, 0.2) is 217 Å². The van der Waals surface area contributed by atoms with Gasteiger partial charge in [-0.2, -0.15) is 0 Å². The molecular formula is C72H77N. The van der Waals surface area contributed by atoms with Gasteiger partial charge in [-0.25, -0.2) is 0 Å². The maximum absolute atomic E-state index is 5.89. The van der Waals surface area contributed by atoms with Crippen LogP contribution < -0.4 is 5.73 Å². The van der Waals surface area contributed by atoms with Crippen LogP contribution in [0.2, 0.25) is 0 Å². The molecule has 0 saturated carbocycles. The van der Waals surface area contributed by atoms with Crippen molar-refractivity contribution in [2.75, 3.05) is 0 Å². The zero-order valence-corrected chi connectivity index (χ0v) is 45.2. The molecule has 2 aliphatic rings. The minimum absolute atomic E-state index is 0.0580. The van der Waals surface area contributed by atoms with E-state index < -0.39 is 0 Å². The Kier molecular flexibility index (Phi) is 18.7. The Balaban J connectivity index is 0.000000167. The zero-order valence-electron chi connectivity index (χ0n) is 45.2. The predicted molar refractivity (Wildman–Crippen MR) is 320 cm³/mol.